The van der Waals surface area contributed by atoms with Gasteiger partial charge in [-0.1, -0.05) is 0 Å². The molecule has 4 nitrogen and oxygen atoms in total. The number of hydrogen-bond acceptors (Lipinski definition) is 3. The minimum absolute atomic E-state index is 0.0298. The molecule has 3 aromatic heterocycles. The normalized spacial score (nSPS) is 12.7. The van der Waals surface area contributed by atoms with Crippen LogP contribution in [0.1, 0.15) is 24.4 Å². The molecule has 0 bridgehead atoms. The summed E-state index contributed by atoms with van der Waals surface area (Å²) in [5, 5.41) is 3.34. The Balaban J connectivity index is 1.69. The number of imidazole rings is 1. The van der Waals surface area contributed by atoms with E-state index in [2.05, 4.69) is 31.2 Å². The van der Waals surface area contributed by atoms with Crippen molar-refractivity contribution in [2.24, 2.45) is 0 Å². The van der Waals surface area contributed by atoms with E-state index in [1.807, 2.05) is 35.9 Å². The highest BCUT2D eigenvalue weighted by atomic mass is 79.9. The molecular weight excluding hydrogens is 335 g/mol. The summed E-state index contributed by atoms with van der Waals surface area (Å²) < 4.78 is 15.8. The third-order valence-electron chi connectivity index (χ3n) is 3.25. The number of nitrogens with zero attached hydrogens (tertiary/aromatic N) is 3. The Kier molecular flexibility index (Phi) is 3.98. The molecule has 0 spiro atoms. The lowest BCUT2D eigenvalue weighted by Crippen LogP contribution is -2.19. The molecule has 108 valence electrons. The Labute approximate surface area is 130 Å². The van der Waals surface area contributed by atoms with Gasteiger partial charge in [0, 0.05) is 29.5 Å². The van der Waals surface area contributed by atoms with Crippen molar-refractivity contribution in [2.75, 3.05) is 0 Å². The minimum atomic E-state index is -0.322. The maximum atomic E-state index is 12.9. The number of pyridine rings is 2. The molecule has 0 saturated heterocycles. The van der Waals surface area contributed by atoms with Gasteiger partial charge in [0.2, 0.25) is 0 Å². The molecule has 6 heteroatoms. The lowest BCUT2D eigenvalue weighted by molar-refractivity contribution is 0.550. The van der Waals surface area contributed by atoms with Gasteiger partial charge in [0.15, 0.2) is 0 Å². The molecule has 0 aliphatic rings. The topological polar surface area (TPSA) is 42.2 Å². The number of nitrogens with one attached hydrogen (secondary N) is 1. The summed E-state index contributed by atoms with van der Waals surface area (Å²) in [5.74, 6) is -0.322. The molecule has 3 aromatic rings. The molecule has 0 amide bonds. The predicted molar refractivity (Wildman–Crippen MR) is 82.3 cm³/mol. The Bertz CT molecular complexity index is 754. The van der Waals surface area contributed by atoms with Gasteiger partial charge in [-0.15, -0.1) is 0 Å². The second-order valence-corrected chi connectivity index (χ2v) is 5.76. The molecule has 3 heterocycles. The van der Waals surface area contributed by atoms with Gasteiger partial charge >= 0.3 is 0 Å². The van der Waals surface area contributed by atoms with Crippen molar-refractivity contribution in [3.05, 3.63) is 64.5 Å². The van der Waals surface area contributed by atoms with Gasteiger partial charge in [-0.05, 0) is 47.1 Å². The molecule has 0 aliphatic carbocycles. The third kappa shape index (κ3) is 3.28. The fourth-order valence-corrected chi connectivity index (χ4v) is 2.46. The van der Waals surface area contributed by atoms with Crippen LogP contribution >= 0.6 is 15.9 Å². The van der Waals surface area contributed by atoms with Crippen molar-refractivity contribution in [2.45, 2.75) is 19.5 Å². The van der Waals surface area contributed by atoms with E-state index >= 15 is 0 Å². The van der Waals surface area contributed by atoms with E-state index in [4.69, 9.17) is 0 Å². The zero-order valence-electron chi connectivity index (χ0n) is 11.4. The molecular formula is C15H14BrFN4. The van der Waals surface area contributed by atoms with Gasteiger partial charge in [0.05, 0.1) is 17.6 Å². The zero-order chi connectivity index (χ0) is 14.8. The van der Waals surface area contributed by atoms with Crippen molar-refractivity contribution >= 4 is 21.6 Å². The van der Waals surface area contributed by atoms with Crippen LogP contribution in [0.5, 0.6) is 0 Å². The molecule has 0 aromatic carbocycles. The highest BCUT2D eigenvalue weighted by Crippen LogP contribution is 2.14. The number of halogens is 2. The lowest BCUT2D eigenvalue weighted by Gasteiger charge is -2.11. The average molecular weight is 349 g/mol. The number of fused-ring (bicyclic) bond motifs is 1. The van der Waals surface area contributed by atoms with Gasteiger partial charge in [0.25, 0.3) is 0 Å². The summed E-state index contributed by atoms with van der Waals surface area (Å²) >= 11 is 3.44. The van der Waals surface area contributed by atoms with Gasteiger partial charge in [-0.2, -0.15) is 0 Å². The number of aromatic nitrogens is 3. The first-order chi connectivity index (χ1) is 10.1. The highest BCUT2D eigenvalue weighted by Gasteiger charge is 2.08. The quantitative estimate of drug-likeness (QED) is 0.784. The number of hydrogen-bond donors (Lipinski definition) is 1. The van der Waals surface area contributed by atoms with Crippen LogP contribution in [-0.4, -0.2) is 14.4 Å². The second-order valence-electron chi connectivity index (χ2n) is 4.85. The maximum absolute atomic E-state index is 12.9. The standard InChI is InChI=1S/C15H14BrFN4/c1-10(14-4-3-12(17)6-19-14)18-7-13-9-21-8-11(16)2-5-15(21)20-13/h2-6,8-10,18H,7H2,1H3/t10-/m1/s1. The van der Waals surface area contributed by atoms with E-state index in [-0.39, 0.29) is 11.9 Å². The van der Waals surface area contributed by atoms with Crippen LogP contribution in [0.15, 0.2) is 47.3 Å². The first-order valence-electron chi connectivity index (χ1n) is 6.60. The molecule has 3 rings (SSSR count). The molecule has 0 aliphatic heterocycles. The summed E-state index contributed by atoms with van der Waals surface area (Å²) in [4.78, 5) is 8.61. The first-order valence-corrected chi connectivity index (χ1v) is 7.39. The molecule has 0 saturated carbocycles. The molecule has 0 unspecified atom stereocenters. The SMILES string of the molecule is C[C@@H](NCc1cn2cc(Br)ccc2n1)c1ccc(F)cn1. The molecule has 1 N–H and O–H groups in total. The third-order valence-corrected chi connectivity index (χ3v) is 3.72. The smallest absolute Gasteiger partial charge is 0.141 e. The van der Waals surface area contributed by atoms with Crippen molar-refractivity contribution in [1.29, 1.82) is 0 Å². The van der Waals surface area contributed by atoms with Crippen molar-refractivity contribution in [3.63, 3.8) is 0 Å². The zero-order valence-corrected chi connectivity index (χ0v) is 13.0. The summed E-state index contributed by atoms with van der Waals surface area (Å²) in [5.41, 5.74) is 2.66. The van der Waals surface area contributed by atoms with E-state index in [1.165, 1.54) is 12.3 Å². The van der Waals surface area contributed by atoms with Crippen LogP contribution in [0, 0.1) is 5.82 Å². The summed E-state index contributed by atoms with van der Waals surface area (Å²) in [6, 6.07) is 7.06. The van der Waals surface area contributed by atoms with E-state index in [9.17, 15) is 4.39 Å². The predicted octanol–water partition coefficient (Wildman–Crippen LogP) is 3.48. The summed E-state index contributed by atoms with van der Waals surface area (Å²) in [7, 11) is 0. The molecule has 21 heavy (non-hydrogen) atoms. The lowest BCUT2D eigenvalue weighted by atomic mass is 10.2. The van der Waals surface area contributed by atoms with E-state index in [0.29, 0.717) is 6.54 Å². The summed E-state index contributed by atoms with van der Waals surface area (Å²) in [6.07, 6.45) is 5.19. The Hall–Kier alpha value is -1.79. The Morgan fingerprint density at radius 3 is 2.90 bits per heavy atom. The van der Waals surface area contributed by atoms with Gasteiger partial charge in [-0.25, -0.2) is 9.37 Å². The minimum Gasteiger partial charge on any atom is -0.306 e. The van der Waals surface area contributed by atoms with E-state index < -0.39 is 0 Å². The van der Waals surface area contributed by atoms with Gasteiger partial charge in [-0.3, -0.25) is 4.98 Å². The fraction of sp³-hybridized carbons (Fsp3) is 0.200. The van der Waals surface area contributed by atoms with Crippen LogP contribution in [0.3, 0.4) is 0 Å². The second kappa shape index (κ2) is 5.91. The van der Waals surface area contributed by atoms with E-state index in [0.717, 1.165) is 21.5 Å². The van der Waals surface area contributed by atoms with E-state index in [1.54, 1.807) is 6.07 Å². The highest BCUT2D eigenvalue weighted by molar-refractivity contribution is 9.10. The Morgan fingerprint density at radius 2 is 2.14 bits per heavy atom. The first kappa shape index (κ1) is 14.2. The molecule has 0 fully saturated rings. The maximum Gasteiger partial charge on any atom is 0.141 e. The van der Waals surface area contributed by atoms with Crippen molar-refractivity contribution in [1.82, 2.24) is 19.7 Å². The van der Waals surface area contributed by atoms with Gasteiger partial charge in [0.1, 0.15) is 11.5 Å². The largest absolute Gasteiger partial charge is 0.306 e. The van der Waals surface area contributed by atoms with Crippen molar-refractivity contribution in [3.8, 4) is 0 Å². The van der Waals surface area contributed by atoms with Crippen molar-refractivity contribution < 1.29 is 4.39 Å². The number of rotatable bonds is 4. The van der Waals surface area contributed by atoms with Crippen LogP contribution in [0.2, 0.25) is 0 Å². The fourth-order valence-electron chi connectivity index (χ4n) is 2.11. The monoisotopic (exact) mass is 348 g/mol. The average Bonchev–Trinajstić information content (AvgIpc) is 2.87. The van der Waals surface area contributed by atoms with Crippen LogP contribution in [0.4, 0.5) is 4.39 Å². The van der Waals surface area contributed by atoms with Crippen LogP contribution < -0.4 is 5.32 Å². The van der Waals surface area contributed by atoms with Gasteiger partial charge < -0.3 is 9.72 Å². The van der Waals surface area contributed by atoms with Crippen LogP contribution in [-0.2, 0) is 6.54 Å². The molecule has 0 radical (unpaired) electrons. The molecule has 1 atom stereocenters. The summed E-state index contributed by atoms with van der Waals surface area (Å²) in [6.45, 7) is 2.62. The van der Waals surface area contributed by atoms with Crippen LogP contribution in [0.25, 0.3) is 5.65 Å². The Morgan fingerprint density at radius 1 is 1.29 bits per heavy atom.